The van der Waals surface area contributed by atoms with Gasteiger partial charge in [-0.2, -0.15) is 0 Å². The van der Waals surface area contributed by atoms with Crippen molar-refractivity contribution in [1.29, 1.82) is 0 Å². The lowest BCUT2D eigenvalue weighted by molar-refractivity contribution is -0.123. The number of pyridine rings is 2. The zero-order valence-electron chi connectivity index (χ0n) is 15.5. The van der Waals surface area contributed by atoms with Gasteiger partial charge in [0, 0.05) is 42.9 Å². The number of rotatable bonds is 9. The van der Waals surface area contributed by atoms with Crippen LogP contribution in [0.5, 0.6) is 0 Å². The highest BCUT2D eigenvalue weighted by molar-refractivity contribution is 6.30. The summed E-state index contributed by atoms with van der Waals surface area (Å²) in [5.74, 6) is -0.0499. The number of hydrogen-bond acceptors (Lipinski definition) is 4. The maximum atomic E-state index is 12.8. The molecule has 0 aliphatic rings. The molecule has 1 unspecified atom stereocenters. The predicted molar refractivity (Wildman–Crippen MR) is 111 cm³/mol. The summed E-state index contributed by atoms with van der Waals surface area (Å²) in [6.07, 6.45) is 8.65. The third-order valence-corrected chi connectivity index (χ3v) is 4.69. The van der Waals surface area contributed by atoms with Gasteiger partial charge in [0.25, 0.3) is 0 Å². The molecule has 2 N–H and O–H groups in total. The molecule has 0 aliphatic heterocycles. The average Bonchev–Trinajstić information content (AvgIpc) is 2.73. The lowest BCUT2D eigenvalue weighted by Crippen LogP contribution is -2.39. The summed E-state index contributed by atoms with van der Waals surface area (Å²) < 4.78 is 0. The lowest BCUT2D eigenvalue weighted by atomic mass is 10.1. The van der Waals surface area contributed by atoms with Crippen molar-refractivity contribution in [2.24, 2.45) is 0 Å². The van der Waals surface area contributed by atoms with Gasteiger partial charge in [-0.05, 0) is 65.9 Å². The maximum absolute atomic E-state index is 12.8. The summed E-state index contributed by atoms with van der Waals surface area (Å²) in [5.41, 5.74) is 3.21. The number of carbonyl (C=O) groups excluding carboxylic acids is 1. The first kappa shape index (κ1) is 20.0. The minimum Gasteiger partial charge on any atom is -0.354 e. The number of amides is 1. The first-order valence-electron chi connectivity index (χ1n) is 9.27. The monoisotopic (exact) mass is 394 g/mol. The van der Waals surface area contributed by atoms with E-state index in [1.807, 2.05) is 36.4 Å². The number of halogens is 1. The molecule has 0 saturated heterocycles. The molecule has 0 aliphatic carbocycles. The smallest absolute Gasteiger partial charge is 0.241 e. The maximum Gasteiger partial charge on any atom is 0.241 e. The Kier molecular flexibility index (Phi) is 7.53. The van der Waals surface area contributed by atoms with E-state index in [4.69, 9.17) is 11.6 Å². The molecule has 0 fully saturated rings. The Labute approximate surface area is 170 Å². The van der Waals surface area contributed by atoms with Crippen molar-refractivity contribution in [3.05, 3.63) is 95.0 Å². The predicted octanol–water partition coefficient (Wildman–Crippen LogP) is 3.36. The molecule has 28 heavy (non-hydrogen) atoms. The SMILES string of the molecule is O=C(NCCc1ccncc1)C(NCCc1ccncc1)c1ccc(Cl)cc1. The van der Waals surface area contributed by atoms with Gasteiger partial charge in [-0.1, -0.05) is 23.7 Å². The third-order valence-electron chi connectivity index (χ3n) is 4.44. The second kappa shape index (κ2) is 10.5. The Bertz CT molecular complexity index is 857. The van der Waals surface area contributed by atoms with Gasteiger partial charge in [-0.3, -0.25) is 14.8 Å². The van der Waals surface area contributed by atoms with Gasteiger partial charge in [-0.15, -0.1) is 0 Å². The van der Waals surface area contributed by atoms with Crippen LogP contribution in [0.25, 0.3) is 0 Å². The zero-order chi connectivity index (χ0) is 19.6. The number of carbonyl (C=O) groups is 1. The highest BCUT2D eigenvalue weighted by atomic mass is 35.5. The second-order valence-corrected chi connectivity index (χ2v) is 6.88. The van der Waals surface area contributed by atoms with E-state index in [2.05, 4.69) is 20.6 Å². The first-order chi connectivity index (χ1) is 13.7. The van der Waals surface area contributed by atoms with E-state index in [-0.39, 0.29) is 5.91 Å². The van der Waals surface area contributed by atoms with E-state index in [0.717, 1.165) is 24.0 Å². The summed E-state index contributed by atoms with van der Waals surface area (Å²) in [4.78, 5) is 20.9. The second-order valence-electron chi connectivity index (χ2n) is 6.44. The van der Waals surface area contributed by atoms with Crippen LogP contribution in [0.4, 0.5) is 0 Å². The van der Waals surface area contributed by atoms with Crippen LogP contribution in [-0.2, 0) is 17.6 Å². The highest BCUT2D eigenvalue weighted by Gasteiger charge is 2.19. The van der Waals surface area contributed by atoms with E-state index in [1.165, 1.54) is 5.56 Å². The van der Waals surface area contributed by atoms with Gasteiger partial charge in [-0.25, -0.2) is 0 Å². The molecule has 0 bridgehead atoms. The molecule has 6 heteroatoms. The van der Waals surface area contributed by atoms with Crippen LogP contribution in [0, 0.1) is 0 Å². The van der Waals surface area contributed by atoms with Crippen LogP contribution in [0.15, 0.2) is 73.3 Å². The van der Waals surface area contributed by atoms with E-state index in [0.29, 0.717) is 18.1 Å². The minimum atomic E-state index is -0.434. The molecule has 2 heterocycles. The summed E-state index contributed by atoms with van der Waals surface area (Å²) >= 11 is 6.00. The van der Waals surface area contributed by atoms with Gasteiger partial charge >= 0.3 is 0 Å². The summed E-state index contributed by atoms with van der Waals surface area (Å²) in [6, 6.07) is 14.8. The van der Waals surface area contributed by atoms with E-state index < -0.39 is 6.04 Å². The Morgan fingerprint density at radius 1 is 0.821 bits per heavy atom. The lowest BCUT2D eigenvalue weighted by Gasteiger charge is -2.19. The van der Waals surface area contributed by atoms with Crippen molar-refractivity contribution in [3.63, 3.8) is 0 Å². The van der Waals surface area contributed by atoms with Crippen LogP contribution in [0.2, 0.25) is 5.02 Å². The Morgan fingerprint density at radius 2 is 1.36 bits per heavy atom. The molecule has 5 nitrogen and oxygen atoms in total. The Hall–Kier alpha value is -2.76. The fraction of sp³-hybridized carbons (Fsp3) is 0.227. The minimum absolute atomic E-state index is 0.0499. The van der Waals surface area contributed by atoms with Gasteiger partial charge in [0.05, 0.1) is 0 Å². The fourth-order valence-electron chi connectivity index (χ4n) is 2.91. The highest BCUT2D eigenvalue weighted by Crippen LogP contribution is 2.17. The van der Waals surface area contributed by atoms with E-state index in [9.17, 15) is 4.79 Å². The van der Waals surface area contributed by atoms with Crippen LogP contribution in [0.3, 0.4) is 0 Å². The summed E-state index contributed by atoms with van der Waals surface area (Å²) in [6.45, 7) is 1.24. The number of nitrogens with zero attached hydrogens (tertiary/aromatic N) is 2. The van der Waals surface area contributed by atoms with Crippen molar-refractivity contribution in [2.45, 2.75) is 18.9 Å². The summed E-state index contributed by atoms with van der Waals surface area (Å²) in [7, 11) is 0. The van der Waals surface area contributed by atoms with Gasteiger partial charge in [0.2, 0.25) is 5.91 Å². The molecule has 144 valence electrons. The topological polar surface area (TPSA) is 66.9 Å². The standard InChI is InChI=1S/C22H23ClN4O/c23-20-3-1-19(2-4-20)21(26-15-9-17-5-11-24-12-6-17)22(28)27-16-10-18-7-13-25-14-8-18/h1-8,11-14,21,26H,9-10,15-16H2,(H,27,28). The number of hydrogen-bond donors (Lipinski definition) is 2. The van der Waals surface area contributed by atoms with Crippen molar-refractivity contribution in [2.75, 3.05) is 13.1 Å². The van der Waals surface area contributed by atoms with Crippen molar-refractivity contribution < 1.29 is 4.79 Å². The number of nitrogens with one attached hydrogen (secondary N) is 2. The van der Waals surface area contributed by atoms with Gasteiger partial charge < -0.3 is 10.6 Å². The third kappa shape index (κ3) is 6.15. The quantitative estimate of drug-likeness (QED) is 0.584. The molecular formula is C22H23ClN4O. The molecule has 1 amide bonds. The average molecular weight is 395 g/mol. The Morgan fingerprint density at radius 3 is 1.93 bits per heavy atom. The molecule has 3 rings (SSSR count). The van der Waals surface area contributed by atoms with E-state index in [1.54, 1.807) is 36.9 Å². The van der Waals surface area contributed by atoms with Crippen LogP contribution >= 0.6 is 11.6 Å². The summed E-state index contributed by atoms with van der Waals surface area (Å²) in [5, 5.41) is 7.05. The van der Waals surface area contributed by atoms with Crippen LogP contribution in [0.1, 0.15) is 22.7 Å². The largest absolute Gasteiger partial charge is 0.354 e. The van der Waals surface area contributed by atoms with Gasteiger partial charge in [0.1, 0.15) is 6.04 Å². The molecule has 0 saturated carbocycles. The molecule has 2 aromatic heterocycles. The van der Waals surface area contributed by atoms with E-state index >= 15 is 0 Å². The van der Waals surface area contributed by atoms with Crippen molar-refractivity contribution >= 4 is 17.5 Å². The molecule has 0 spiro atoms. The normalized spacial score (nSPS) is 11.8. The first-order valence-corrected chi connectivity index (χ1v) is 9.64. The molecular weight excluding hydrogens is 372 g/mol. The Balaban J connectivity index is 1.59. The molecule has 1 aromatic carbocycles. The zero-order valence-corrected chi connectivity index (χ0v) is 16.3. The van der Waals surface area contributed by atoms with Gasteiger partial charge in [0.15, 0.2) is 0 Å². The molecule has 1 atom stereocenters. The van der Waals surface area contributed by atoms with Crippen molar-refractivity contribution in [3.8, 4) is 0 Å². The van der Waals surface area contributed by atoms with Crippen LogP contribution in [-0.4, -0.2) is 29.0 Å². The fourth-order valence-corrected chi connectivity index (χ4v) is 3.03. The van der Waals surface area contributed by atoms with Crippen molar-refractivity contribution in [1.82, 2.24) is 20.6 Å². The van der Waals surface area contributed by atoms with Crippen LogP contribution < -0.4 is 10.6 Å². The molecule has 0 radical (unpaired) electrons. The number of aromatic nitrogens is 2. The number of benzene rings is 1. The molecule has 3 aromatic rings.